The number of ether oxygens (including phenoxy) is 2. The first-order chi connectivity index (χ1) is 13.4. The Labute approximate surface area is 166 Å². The van der Waals surface area contributed by atoms with Gasteiger partial charge in [-0.2, -0.15) is 0 Å². The van der Waals surface area contributed by atoms with Crippen LogP contribution in [0.2, 0.25) is 0 Å². The number of carbonyl (C=O) groups is 2. The Morgan fingerprint density at radius 1 is 1.18 bits per heavy atom. The molecular formula is C20H18N2O5S. The molecule has 28 heavy (non-hydrogen) atoms. The van der Waals surface area contributed by atoms with E-state index >= 15 is 0 Å². The zero-order valence-corrected chi connectivity index (χ0v) is 16.3. The maximum absolute atomic E-state index is 12.5. The molecule has 2 aromatic rings. The summed E-state index contributed by atoms with van der Waals surface area (Å²) < 4.78 is 9.77. The molecule has 0 unspecified atom stereocenters. The summed E-state index contributed by atoms with van der Waals surface area (Å²) in [6.45, 7) is 0. The predicted molar refractivity (Wildman–Crippen MR) is 108 cm³/mol. The first kappa shape index (κ1) is 19.5. The van der Waals surface area contributed by atoms with Crippen LogP contribution in [0.4, 0.5) is 5.69 Å². The Morgan fingerprint density at radius 3 is 2.54 bits per heavy atom. The van der Waals surface area contributed by atoms with E-state index in [-0.39, 0.29) is 11.7 Å². The van der Waals surface area contributed by atoms with E-state index in [2.05, 4.69) is 9.73 Å². The molecule has 1 amide bonds. The average Bonchev–Trinajstić information content (AvgIpc) is 2.97. The van der Waals surface area contributed by atoms with Crippen LogP contribution in [0.15, 0.2) is 52.4 Å². The molecule has 0 saturated carbocycles. The minimum Gasteiger partial charge on any atom is -0.504 e. The van der Waals surface area contributed by atoms with Crippen LogP contribution in [-0.4, -0.2) is 48.3 Å². The molecule has 1 fully saturated rings. The molecule has 0 spiro atoms. The molecule has 1 N–H and O–H groups in total. The van der Waals surface area contributed by atoms with Crippen molar-refractivity contribution in [3.8, 4) is 11.5 Å². The van der Waals surface area contributed by atoms with E-state index in [0.29, 0.717) is 27.1 Å². The number of phenols is 1. The maximum atomic E-state index is 12.5. The largest absolute Gasteiger partial charge is 0.504 e. The molecule has 1 aliphatic rings. The van der Waals surface area contributed by atoms with Gasteiger partial charge in [0, 0.05) is 7.05 Å². The highest BCUT2D eigenvalue weighted by Gasteiger charge is 2.30. The van der Waals surface area contributed by atoms with Crippen molar-refractivity contribution in [2.45, 2.75) is 0 Å². The SMILES string of the molecule is COC(=O)c1ccc(N=C2SC(=Cc3ccc(O)c(OC)c3)C(=O)N2C)cc1. The van der Waals surface area contributed by atoms with Crippen LogP contribution < -0.4 is 4.74 Å². The Balaban J connectivity index is 1.85. The van der Waals surface area contributed by atoms with E-state index in [4.69, 9.17) is 4.74 Å². The predicted octanol–water partition coefficient (Wildman–Crippen LogP) is 3.42. The quantitative estimate of drug-likeness (QED) is 0.627. The van der Waals surface area contributed by atoms with Gasteiger partial charge in [0.05, 0.1) is 30.4 Å². The zero-order valence-electron chi connectivity index (χ0n) is 15.5. The number of aliphatic imine (C=N–C) groups is 1. The lowest BCUT2D eigenvalue weighted by Gasteiger charge is -2.07. The summed E-state index contributed by atoms with van der Waals surface area (Å²) >= 11 is 1.24. The van der Waals surface area contributed by atoms with Gasteiger partial charge >= 0.3 is 5.97 Å². The van der Waals surface area contributed by atoms with Crippen LogP contribution in [0.25, 0.3) is 6.08 Å². The number of hydrogen-bond acceptors (Lipinski definition) is 7. The molecule has 3 rings (SSSR count). The molecule has 144 valence electrons. The second kappa shape index (κ2) is 8.18. The molecule has 2 aromatic carbocycles. The van der Waals surface area contributed by atoms with Crippen LogP contribution in [0.1, 0.15) is 15.9 Å². The van der Waals surface area contributed by atoms with Crippen LogP contribution in [0.3, 0.4) is 0 Å². The highest BCUT2D eigenvalue weighted by molar-refractivity contribution is 8.18. The molecule has 8 heteroatoms. The number of likely N-dealkylation sites (N-methyl/N-ethyl adjacent to an activating group) is 1. The minimum atomic E-state index is -0.420. The number of nitrogens with zero attached hydrogens (tertiary/aromatic N) is 2. The van der Waals surface area contributed by atoms with Crippen molar-refractivity contribution >= 4 is 40.6 Å². The number of hydrogen-bond donors (Lipinski definition) is 1. The van der Waals surface area contributed by atoms with E-state index in [9.17, 15) is 14.7 Å². The van der Waals surface area contributed by atoms with Crippen molar-refractivity contribution in [1.82, 2.24) is 4.90 Å². The highest BCUT2D eigenvalue weighted by Crippen LogP contribution is 2.34. The minimum absolute atomic E-state index is 0.0322. The zero-order chi connectivity index (χ0) is 20.3. The molecule has 0 aliphatic carbocycles. The summed E-state index contributed by atoms with van der Waals surface area (Å²) in [5.41, 5.74) is 1.77. The average molecular weight is 398 g/mol. The van der Waals surface area contributed by atoms with Gasteiger partial charge in [-0.15, -0.1) is 0 Å². The van der Waals surface area contributed by atoms with E-state index in [1.165, 1.54) is 36.9 Å². The molecular weight excluding hydrogens is 380 g/mol. The van der Waals surface area contributed by atoms with E-state index in [1.54, 1.807) is 49.5 Å². The number of aromatic hydroxyl groups is 1. The van der Waals surface area contributed by atoms with Gasteiger partial charge in [0.25, 0.3) is 5.91 Å². The molecule has 1 heterocycles. The molecule has 0 radical (unpaired) electrons. The molecule has 1 saturated heterocycles. The van der Waals surface area contributed by atoms with Crippen LogP contribution in [0.5, 0.6) is 11.5 Å². The monoisotopic (exact) mass is 398 g/mol. The number of phenolic OH excluding ortho intramolecular Hbond substituents is 1. The van der Waals surface area contributed by atoms with Gasteiger partial charge in [0.1, 0.15) is 0 Å². The van der Waals surface area contributed by atoms with Crippen molar-refractivity contribution in [1.29, 1.82) is 0 Å². The van der Waals surface area contributed by atoms with Gasteiger partial charge in [-0.25, -0.2) is 9.79 Å². The number of carbonyl (C=O) groups excluding carboxylic acids is 2. The summed E-state index contributed by atoms with van der Waals surface area (Å²) in [6.07, 6.45) is 1.72. The number of thioether (sulfide) groups is 1. The third-order valence-electron chi connectivity index (χ3n) is 4.02. The molecule has 0 atom stereocenters. The molecule has 7 nitrogen and oxygen atoms in total. The van der Waals surface area contributed by atoms with Crippen molar-refractivity contribution in [3.05, 3.63) is 58.5 Å². The van der Waals surface area contributed by atoms with E-state index in [0.717, 1.165) is 5.56 Å². The number of benzene rings is 2. The van der Waals surface area contributed by atoms with E-state index in [1.807, 2.05) is 0 Å². The lowest BCUT2D eigenvalue weighted by Crippen LogP contribution is -2.23. The second-order valence-electron chi connectivity index (χ2n) is 5.84. The van der Waals surface area contributed by atoms with Crippen molar-refractivity contribution < 1.29 is 24.2 Å². The number of rotatable bonds is 4. The van der Waals surface area contributed by atoms with Crippen LogP contribution >= 0.6 is 11.8 Å². The van der Waals surface area contributed by atoms with Crippen molar-refractivity contribution in [2.75, 3.05) is 21.3 Å². The summed E-state index contributed by atoms with van der Waals surface area (Å²) in [6, 6.07) is 11.5. The Morgan fingerprint density at radius 2 is 1.89 bits per heavy atom. The highest BCUT2D eigenvalue weighted by atomic mass is 32.2. The van der Waals surface area contributed by atoms with Gasteiger partial charge in [-0.05, 0) is 59.8 Å². The van der Waals surface area contributed by atoms with E-state index < -0.39 is 5.97 Å². The lowest BCUT2D eigenvalue weighted by molar-refractivity contribution is -0.121. The standard InChI is InChI=1S/C20H18N2O5S/c1-22-18(24)17(11-12-4-9-15(23)16(10-12)26-2)28-20(22)21-14-7-5-13(6-8-14)19(25)27-3/h4-11,23H,1-3H3. The Bertz CT molecular complexity index is 983. The molecule has 0 aromatic heterocycles. The van der Waals surface area contributed by atoms with Gasteiger partial charge in [0.2, 0.25) is 0 Å². The summed E-state index contributed by atoms with van der Waals surface area (Å²) in [5.74, 6) is -0.235. The lowest BCUT2D eigenvalue weighted by atomic mass is 10.2. The van der Waals surface area contributed by atoms with Crippen LogP contribution in [0, 0.1) is 0 Å². The van der Waals surface area contributed by atoms with Gasteiger partial charge < -0.3 is 14.6 Å². The number of methoxy groups -OCH3 is 2. The third kappa shape index (κ3) is 4.01. The van der Waals surface area contributed by atoms with Crippen molar-refractivity contribution in [2.24, 2.45) is 4.99 Å². The summed E-state index contributed by atoms with van der Waals surface area (Å²) in [4.78, 5) is 30.5. The fraction of sp³-hybridized carbons (Fsp3) is 0.150. The molecule has 0 bridgehead atoms. The normalized spacial score (nSPS) is 16.7. The fourth-order valence-electron chi connectivity index (χ4n) is 2.49. The van der Waals surface area contributed by atoms with Gasteiger partial charge in [0.15, 0.2) is 16.7 Å². The number of amidine groups is 1. The van der Waals surface area contributed by atoms with Crippen molar-refractivity contribution in [3.63, 3.8) is 0 Å². The molecule has 1 aliphatic heterocycles. The number of amides is 1. The Hall–Kier alpha value is -3.26. The first-order valence-corrected chi connectivity index (χ1v) is 9.06. The van der Waals surface area contributed by atoms with Crippen LogP contribution in [-0.2, 0) is 9.53 Å². The summed E-state index contributed by atoms with van der Waals surface area (Å²) in [5, 5.41) is 10.2. The number of esters is 1. The maximum Gasteiger partial charge on any atom is 0.337 e. The first-order valence-electron chi connectivity index (χ1n) is 8.24. The fourth-order valence-corrected chi connectivity index (χ4v) is 3.47. The topological polar surface area (TPSA) is 88.4 Å². The Kier molecular flexibility index (Phi) is 5.70. The van der Waals surface area contributed by atoms with Gasteiger partial charge in [-0.1, -0.05) is 6.07 Å². The summed E-state index contributed by atoms with van der Waals surface area (Å²) in [7, 11) is 4.43. The van der Waals surface area contributed by atoms with Gasteiger partial charge in [-0.3, -0.25) is 9.69 Å². The smallest absolute Gasteiger partial charge is 0.337 e. The second-order valence-corrected chi connectivity index (χ2v) is 6.85. The third-order valence-corrected chi connectivity index (χ3v) is 5.08.